The predicted octanol–water partition coefficient (Wildman–Crippen LogP) is -0.822. The summed E-state index contributed by atoms with van der Waals surface area (Å²) in [5, 5.41) is 10.4. The van der Waals surface area contributed by atoms with Crippen LogP contribution < -0.4 is 4.74 Å². The number of hydrogen-bond acceptors (Lipinski definition) is 5. The third-order valence-electron chi connectivity index (χ3n) is 0.986. The molecule has 0 aliphatic carbocycles. The van der Waals surface area contributed by atoms with Gasteiger partial charge in [0.05, 0.1) is 0 Å². The van der Waals surface area contributed by atoms with Crippen LogP contribution in [0.2, 0.25) is 0 Å². The zero-order valence-electron chi connectivity index (χ0n) is 6.31. The number of aryl methyl sites for hydroxylation is 1. The summed E-state index contributed by atoms with van der Waals surface area (Å²) >= 11 is 0. The van der Waals surface area contributed by atoms with E-state index in [-0.39, 0.29) is 18.4 Å². The smallest absolute Gasteiger partial charge is 0.335 e. The van der Waals surface area contributed by atoms with Crippen LogP contribution in [0.5, 0.6) is 6.01 Å². The van der Waals surface area contributed by atoms with Gasteiger partial charge in [0.15, 0.2) is 5.78 Å². The number of nitrogens with zero attached hydrogens (tertiary/aromatic N) is 4. The molecule has 0 spiro atoms. The summed E-state index contributed by atoms with van der Waals surface area (Å²) in [6.45, 7) is 1.44. The van der Waals surface area contributed by atoms with Crippen molar-refractivity contribution in [3.63, 3.8) is 0 Å². The molecule has 0 atom stereocenters. The van der Waals surface area contributed by atoms with E-state index in [0.29, 0.717) is 0 Å². The fourth-order valence-corrected chi connectivity index (χ4v) is 0.510. The van der Waals surface area contributed by atoms with Crippen LogP contribution in [-0.4, -0.2) is 32.6 Å². The number of tetrazole rings is 1. The number of Topliss-reactive ketones (excluding diaryl/α,β-unsaturated/α-hetero) is 1. The quantitative estimate of drug-likeness (QED) is 0.571. The fourth-order valence-electron chi connectivity index (χ4n) is 0.510. The van der Waals surface area contributed by atoms with Gasteiger partial charge < -0.3 is 4.74 Å². The Morgan fingerprint density at radius 1 is 1.73 bits per heavy atom. The highest BCUT2D eigenvalue weighted by molar-refractivity contribution is 5.76. The molecule has 0 aliphatic heterocycles. The Bertz CT molecular complexity index is 257. The monoisotopic (exact) mass is 156 g/mol. The van der Waals surface area contributed by atoms with Gasteiger partial charge in [-0.3, -0.25) is 4.79 Å². The molecule has 1 rings (SSSR count). The molecule has 1 heterocycles. The zero-order chi connectivity index (χ0) is 8.27. The molecule has 6 nitrogen and oxygen atoms in total. The first-order valence-electron chi connectivity index (χ1n) is 3.04. The third kappa shape index (κ3) is 1.99. The molecule has 1 aromatic rings. The molecular formula is C5H8N4O2. The highest BCUT2D eigenvalue weighted by atomic mass is 16.5. The van der Waals surface area contributed by atoms with Crippen LogP contribution in [0.1, 0.15) is 6.92 Å². The van der Waals surface area contributed by atoms with Crippen molar-refractivity contribution >= 4 is 5.78 Å². The van der Waals surface area contributed by atoms with Crippen molar-refractivity contribution in [2.75, 3.05) is 6.61 Å². The number of hydrogen-bond donors (Lipinski definition) is 0. The van der Waals surface area contributed by atoms with Gasteiger partial charge in [0.2, 0.25) is 0 Å². The minimum atomic E-state index is -0.0620. The fraction of sp³-hybridized carbons (Fsp3) is 0.600. The normalized spacial score (nSPS) is 9.64. The van der Waals surface area contributed by atoms with E-state index >= 15 is 0 Å². The van der Waals surface area contributed by atoms with E-state index in [9.17, 15) is 4.79 Å². The first-order valence-corrected chi connectivity index (χ1v) is 3.04. The first-order chi connectivity index (χ1) is 5.20. The summed E-state index contributed by atoms with van der Waals surface area (Å²) in [7, 11) is 1.63. The highest BCUT2D eigenvalue weighted by Crippen LogP contribution is 1.98. The summed E-state index contributed by atoms with van der Waals surface area (Å²) in [4.78, 5) is 10.4. The molecule has 0 bridgehead atoms. The average molecular weight is 156 g/mol. The molecule has 0 aliphatic rings. The molecule has 0 fully saturated rings. The van der Waals surface area contributed by atoms with Gasteiger partial charge in [-0.05, 0) is 17.4 Å². The molecule has 60 valence electrons. The molecule has 0 radical (unpaired) electrons. The summed E-state index contributed by atoms with van der Waals surface area (Å²) < 4.78 is 6.27. The molecule has 0 aromatic carbocycles. The third-order valence-corrected chi connectivity index (χ3v) is 0.986. The summed E-state index contributed by atoms with van der Waals surface area (Å²) in [5.74, 6) is -0.0620. The van der Waals surface area contributed by atoms with Crippen molar-refractivity contribution < 1.29 is 9.53 Å². The zero-order valence-corrected chi connectivity index (χ0v) is 6.31. The van der Waals surface area contributed by atoms with Gasteiger partial charge in [-0.2, -0.15) is 4.68 Å². The second kappa shape index (κ2) is 3.09. The number of carbonyl (C=O) groups excluding carboxylic acids is 1. The van der Waals surface area contributed by atoms with Crippen LogP contribution in [0, 0.1) is 0 Å². The summed E-state index contributed by atoms with van der Waals surface area (Å²) in [5.41, 5.74) is 0. The Balaban J connectivity index is 2.51. The van der Waals surface area contributed by atoms with Crippen molar-refractivity contribution in [1.29, 1.82) is 0 Å². The Morgan fingerprint density at radius 3 is 2.91 bits per heavy atom. The maximum absolute atomic E-state index is 10.4. The van der Waals surface area contributed by atoms with Crippen LogP contribution >= 0.6 is 0 Å². The van der Waals surface area contributed by atoms with Crippen LogP contribution in [0.4, 0.5) is 0 Å². The number of aromatic nitrogens is 4. The van der Waals surface area contributed by atoms with Gasteiger partial charge in [-0.15, -0.1) is 0 Å². The molecule has 0 amide bonds. The molecule has 0 N–H and O–H groups in total. The molecule has 0 saturated heterocycles. The average Bonchev–Trinajstić information content (AvgIpc) is 2.31. The molecular weight excluding hydrogens is 148 g/mol. The summed E-state index contributed by atoms with van der Waals surface area (Å²) in [6.07, 6.45) is 0. The van der Waals surface area contributed by atoms with E-state index in [1.165, 1.54) is 11.6 Å². The van der Waals surface area contributed by atoms with E-state index in [1.54, 1.807) is 7.05 Å². The molecule has 0 unspecified atom stereocenters. The largest absolute Gasteiger partial charge is 0.455 e. The van der Waals surface area contributed by atoms with Crippen molar-refractivity contribution in [3.8, 4) is 6.01 Å². The minimum Gasteiger partial charge on any atom is -0.455 e. The number of rotatable bonds is 3. The predicted molar refractivity (Wildman–Crippen MR) is 35.0 cm³/mol. The second-order valence-electron chi connectivity index (χ2n) is 2.08. The minimum absolute atomic E-state index is 0.00815. The van der Waals surface area contributed by atoms with Crippen LogP contribution in [0.25, 0.3) is 0 Å². The highest BCUT2D eigenvalue weighted by Gasteiger charge is 2.02. The van der Waals surface area contributed by atoms with Gasteiger partial charge in [-0.1, -0.05) is 5.10 Å². The Labute approximate surface area is 63.1 Å². The van der Waals surface area contributed by atoms with Crippen LogP contribution in [0.15, 0.2) is 0 Å². The van der Waals surface area contributed by atoms with E-state index < -0.39 is 0 Å². The van der Waals surface area contributed by atoms with Crippen molar-refractivity contribution in [2.24, 2.45) is 7.05 Å². The van der Waals surface area contributed by atoms with Crippen LogP contribution in [-0.2, 0) is 11.8 Å². The van der Waals surface area contributed by atoms with Gasteiger partial charge in [0.1, 0.15) is 6.61 Å². The van der Waals surface area contributed by atoms with Gasteiger partial charge in [0.25, 0.3) is 0 Å². The van der Waals surface area contributed by atoms with E-state index in [1.807, 2.05) is 0 Å². The van der Waals surface area contributed by atoms with E-state index in [4.69, 9.17) is 4.74 Å². The van der Waals surface area contributed by atoms with E-state index in [0.717, 1.165) is 0 Å². The lowest BCUT2D eigenvalue weighted by Crippen LogP contribution is -2.09. The SMILES string of the molecule is CC(=O)COc1nnnn1C. The second-order valence-corrected chi connectivity index (χ2v) is 2.08. The Hall–Kier alpha value is -1.46. The van der Waals surface area contributed by atoms with Crippen molar-refractivity contribution in [2.45, 2.75) is 6.92 Å². The molecule has 11 heavy (non-hydrogen) atoms. The van der Waals surface area contributed by atoms with Gasteiger partial charge in [-0.25, -0.2) is 0 Å². The standard InChI is InChI=1S/C5H8N4O2/c1-4(10)3-11-5-6-7-8-9(5)2/h3H2,1-2H3. The van der Waals surface area contributed by atoms with Crippen molar-refractivity contribution in [3.05, 3.63) is 0 Å². The maximum atomic E-state index is 10.4. The Kier molecular flexibility index (Phi) is 2.15. The molecule has 0 saturated carbocycles. The van der Waals surface area contributed by atoms with Crippen LogP contribution in [0.3, 0.4) is 0 Å². The lowest BCUT2D eigenvalue weighted by atomic mass is 10.5. The van der Waals surface area contributed by atoms with E-state index in [2.05, 4.69) is 15.5 Å². The number of carbonyl (C=O) groups is 1. The molecule has 6 heteroatoms. The topological polar surface area (TPSA) is 69.9 Å². The maximum Gasteiger partial charge on any atom is 0.335 e. The number of ether oxygens (including phenoxy) is 1. The van der Waals surface area contributed by atoms with Gasteiger partial charge in [0, 0.05) is 7.05 Å². The number of ketones is 1. The molecule has 1 aromatic heterocycles. The lowest BCUT2D eigenvalue weighted by Gasteiger charge is -1.98. The summed E-state index contributed by atoms with van der Waals surface area (Å²) in [6, 6.07) is 0.250. The lowest BCUT2D eigenvalue weighted by molar-refractivity contribution is -0.119. The van der Waals surface area contributed by atoms with Crippen molar-refractivity contribution in [1.82, 2.24) is 20.2 Å². The Morgan fingerprint density at radius 2 is 2.45 bits per heavy atom. The first kappa shape index (κ1) is 7.64. The van der Waals surface area contributed by atoms with Gasteiger partial charge >= 0.3 is 6.01 Å².